The number of carboxylic acid groups (broad SMARTS) is 1. The van der Waals surface area contributed by atoms with Crippen molar-refractivity contribution in [3.8, 4) is 0 Å². The van der Waals surface area contributed by atoms with Crippen molar-refractivity contribution in [3.05, 3.63) is 0 Å². The Hall–Kier alpha value is -0.710. The van der Waals surface area contributed by atoms with Crippen LogP contribution in [0.5, 0.6) is 0 Å². The molecule has 1 fully saturated rings. The Bertz CT molecular complexity index is 190. The van der Waals surface area contributed by atoms with Gasteiger partial charge in [-0.1, -0.05) is 6.92 Å². The van der Waals surface area contributed by atoms with Crippen LogP contribution >= 0.6 is 0 Å². The van der Waals surface area contributed by atoms with E-state index < -0.39 is 18.4 Å². The molecule has 70 valence electrons. The summed E-state index contributed by atoms with van der Waals surface area (Å²) in [6.07, 6.45) is 0. The Morgan fingerprint density at radius 1 is 1.67 bits per heavy atom. The molecule has 1 N–H and O–H groups in total. The molecule has 0 unspecified atom stereocenters. The predicted octanol–water partition coefficient (Wildman–Crippen LogP) is 0.658. The zero-order valence-electron chi connectivity index (χ0n) is 6.76. The number of hydrogen-bond acceptors (Lipinski definition) is 2. The van der Waals surface area contributed by atoms with E-state index in [2.05, 4.69) is 0 Å². The van der Waals surface area contributed by atoms with Crippen LogP contribution in [0.3, 0.4) is 0 Å². The molecule has 0 radical (unpaired) electrons. The van der Waals surface area contributed by atoms with E-state index in [0.717, 1.165) is 0 Å². The molecule has 0 bridgehead atoms. The quantitative estimate of drug-likeness (QED) is 0.691. The van der Waals surface area contributed by atoms with E-state index in [-0.39, 0.29) is 0 Å². The molecule has 0 aliphatic carbocycles. The van der Waals surface area contributed by atoms with Gasteiger partial charge in [0.15, 0.2) is 0 Å². The molecule has 5 heteroatoms. The van der Waals surface area contributed by atoms with Crippen LogP contribution < -0.4 is 0 Å². The van der Waals surface area contributed by atoms with Crippen LogP contribution in [0.1, 0.15) is 6.92 Å². The van der Waals surface area contributed by atoms with E-state index >= 15 is 0 Å². The molecular formula is C7H11F2NO2. The number of carbonyl (C=O) groups is 1. The molecule has 0 atom stereocenters. The monoisotopic (exact) mass is 179 g/mol. The molecule has 1 aliphatic rings. The smallest absolute Gasteiger partial charge is 0.375 e. The summed E-state index contributed by atoms with van der Waals surface area (Å²) >= 11 is 0. The van der Waals surface area contributed by atoms with Crippen molar-refractivity contribution in [2.45, 2.75) is 12.8 Å². The van der Waals surface area contributed by atoms with Crippen molar-refractivity contribution in [1.82, 2.24) is 4.90 Å². The lowest BCUT2D eigenvalue weighted by molar-refractivity contribution is -0.169. The van der Waals surface area contributed by atoms with Crippen molar-refractivity contribution in [2.75, 3.05) is 19.6 Å². The van der Waals surface area contributed by atoms with Crippen molar-refractivity contribution >= 4 is 5.97 Å². The minimum absolute atomic E-state index is 0.412. The molecular weight excluding hydrogens is 168 g/mol. The summed E-state index contributed by atoms with van der Waals surface area (Å²) < 4.78 is 25.0. The van der Waals surface area contributed by atoms with Crippen molar-refractivity contribution in [2.24, 2.45) is 5.92 Å². The van der Waals surface area contributed by atoms with Crippen LogP contribution in [0.15, 0.2) is 0 Å². The summed E-state index contributed by atoms with van der Waals surface area (Å²) in [5.41, 5.74) is 0. The van der Waals surface area contributed by atoms with Gasteiger partial charge in [0.05, 0.1) is 6.54 Å². The fourth-order valence-corrected chi connectivity index (χ4v) is 1.31. The van der Waals surface area contributed by atoms with Gasteiger partial charge in [0.25, 0.3) is 0 Å². The highest BCUT2D eigenvalue weighted by atomic mass is 19.3. The summed E-state index contributed by atoms with van der Waals surface area (Å²) in [6.45, 7) is 2.42. The predicted molar refractivity (Wildman–Crippen MR) is 38.2 cm³/mol. The van der Waals surface area contributed by atoms with Crippen LogP contribution in [0.2, 0.25) is 0 Å². The summed E-state index contributed by atoms with van der Waals surface area (Å²) in [4.78, 5) is 11.4. The van der Waals surface area contributed by atoms with Gasteiger partial charge in [-0.25, -0.2) is 4.79 Å². The summed E-state index contributed by atoms with van der Waals surface area (Å²) in [7, 11) is 0. The van der Waals surface area contributed by atoms with Crippen LogP contribution in [-0.4, -0.2) is 41.5 Å². The van der Waals surface area contributed by atoms with Gasteiger partial charge >= 0.3 is 11.9 Å². The lowest BCUT2D eigenvalue weighted by Gasteiger charge is -2.38. The normalized spacial score (nSPS) is 20.6. The van der Waals surface area contributed by atoms with Crippen LogP contribution in [0.4, 0.5) is 8.78 Å². The topological polar surface area (TPSA) is 40.5 Å². The molecule has 12 heavy (non-hydrogen) atoms. The number of halogens is 2. The minimum atomic E-state index is -3.60. The third-order valence-electron chi connectivity index (χ3n) is 1.87. The Balaban J connectivity index is 2.35. The molecule has 0 saturated carbocycles. The van der Waals surface area contributed by atoms with Gasteiger partial charge in [-0.3, -0.25) is 4.90 Å². The number of likely N-dealkylation sites (tertiary alicyclic amines) is 1. The first kappa shape index (κ1) is 9.38. The number of carboxylic acids is 1. The maximum Gasteiger partial charge on any atom is 0.375 e. The molecule has 0 aromatic rings. The van der Waals surface area contributed by atoms with Crippen LogP contribution in [0.25, 0.3) is 0 Å². The number of rotatable bonds is 3. The summed E-state index contributed by atoms with van der Waals surface area (Å²) in [5, 5.41) is 8.10. The maximum absolute atomic E-state index is 12.5. The molecule has 0 aromatic carbocycles. The highest BCUT2D eigenvalue weighted by Crippen LogP contribution is 2.21. The SMILES string of the molecule is CC1CN(CC(F)(F)C(=O)O)C1. The fraction of sp³-hybridized carbons (Fsp3) is 0.857. The van der Waals surface area contributed by atoms with Crippen molar-refractivity contribution < 1.29 is 18.7 Å². The molecule has 3 nitrogen and oxygen atoms in total. The molecule has 0 amide bonds. The average molecular weight is 179 g/mol. The van der Waals surface area contributed by atoms with E-state index in [9.17, 15) is 13.6 Å². The highest BCUT2D eigenvalue weighted by Gasteiger charge is 2.42. The van der Waals surface area contributed by atoms with Gasteiger partial charge in [-0.05, 0) is 5.92 Å². The maximum atomic E-state index is 12.5. The van der Waals surface area contributed by atoms with Gasteiger partial charge in [0.1, 0.15) is 0 Å². The Labute approximate surface area is 69.0 Å². The molecule has 1 rings (SSSR count). The zero-order chi connectivity index (χ0) is 9.35. The second-order valence-corrected chi connectivity index (χ2v) is 3.31. The third-order valence-corrected chi connectivity index (χ3v) is 1.87. The second-order valence-electron chi connectivity index (χ2n) is 3.31. The zero-order valence-corrected chi connectivity index (χ0v) is 6.76. The van der Waals surface area contributed by atoms with Gasteiger partial charge in [-0.2, -0.15) is 8.78 Å². The fourth-order valence-electron chi connectivity index (χ4n) is 1.31. The van der Waals surface area contributed by atoms with E-state index in [4.69, 9.17) is 5.11 Å². The summed E-state index contributed by atoms with van der Waals surface area (Å²) in [5.74, 6) is -5.23. The van der Waals surface area contributed by atoms with Gasteiger partial charge in [0.2, 0.25) is 0 Å². The average Bonchev–Trinajstić information content (AvgIpc) is 1.83. The first-order chi connectivity index (χ1) is 5.42. The Morgan fingerprint density at radius 3 is 2.50 bits per heavy atom. The van der Waals surface area contributed by atoms with Crippen molar-refractivity contribution in [1.29, 1.82) is 0 Å². The molecule has 1 heterocycles. The van der Waals surface area contributed by atoms with Gasteiger partial charge in [-0.15, -0.1) is 0 Å². The second kappa shape index (κ2) is 2.97. The van der Waals surface area contributed by atoms with Crippen LogP contribution in [-0.2, 0) is 4.79 Å². The number of nitrogens with zero attached hydrogens (tertiary/aromatic N) is 1. The number of alkyl halides is 2. The highest BCUT2D eigenvalue weighted by molar-refractivity contribution is 5.75. The standard InChI is InChI=1S/C7H11F2NO2/c1-5-2-10(3-5)4-7(8,9)6(11)12/h5H,2-4H2,1H3,(H,11,12). The van der Waals surface area contributed by atoms with Gasteiger partial charge in [0, 0.05) is 13.1 Å². The lowest BCUT2D eigenvalue weighted by Crippen LogP contribution is -2.52. The number of hydrogen-bond donors (Lipinski definition) is 1. The molecule has 1 saturated heterocycles. The van der Waals surface area contributed by atoms with Crippen LogP contribution in [0, 0.1) is 5.92 Å². The number of aliphatic carboxylic acids is 1. The summed E-state index contributed by atoms with van der Waals surface area (Å²) in [6, 6.07) is 0. The van der Waals surface area contributed by atoms with Gasteiger partial charge < -0.3 is 5.11 Å². The van der Waals surface area contributed by atoms with E-state index in [1.54, 1.807) is 0 Å². The minimum Gasteiger partial charge on any atom is -0.477 e. The molecule has 1 aliphatic heterocycles. The lowest BCUT2D eigenvalue weighted by atomic mass is 10.0. The Morgan fingerprint density at radius 2 is 2.17 bits per heavy atom. The van der Waals surface area contributed by atoms with E-state index in [1.807, 2.05) is 6.92 Å². The van der Waals surface area contributed by atoms with E-state index in [1.165, 1.54) is 4.90 Å². The molecule has 0 aromatic heterocycles. The Kier molecular flexibility index (Phi) is 2.32. The van der Waals surface area contributed by atoms with E-state index in [0.29, 0.717) is 19.0 Å². The first-order valence-electron chi connectivity index (χ1n) is 3.75. The molecule has 0 spiro atoms. The third kappa shape index (κ3) is 1.91. The largest absolute Gasteiger partial charge is 0.477 e. The van der Waals surface area contributed by atoms with Crippen molar-refractivity contribution in [3.63, 3.8) is 0 Å². The first-order valence-corrected chi connectivity index (χ1v) is 3.75.